The van der Waals surface area contributed by atoms with Crippen LogP contribution in [0.4, 0.5) is 23.0 Å². The molecular weight excluding hydrogens is 586 g/mol. The van der Waals surface area contributed by atoms with E-state index < -0.39 is 0 Å². The zero-order chi connectivity index (χ0) is 33.2. The summed E-state index contributed by atoms with van der Waals surface area (Å²) in [5.74, 6) is 1.33. The normalized spacial score (nSPS) is 14.6. The number of hydrogen-bond acceptors (Lipinski definition) is 7. The molecule has 6 rings (SSSR count). The molecule has 0 spiro atoms. The lowest BCUT2D eigenvalue weighted by Crippen LogP contribution is -2.42. The fraction of sp³-hybridized carbons (Fsp3) is 0.447. The van der Waals surface area contributed by atoms with E-state index in [-0.39, 0.29) is 5.91 Å². The highest BCUT2D eigenvalue weighted by Gasteiger charge is 2.30. The molecule has 1 amide bonds. The average molecular weight is 636 g/mol. The number of rotatable bonds is 10. The van der Waals surface area contributed by atoms with Crippen LogP contribution in [0.2, 0.25) is 0 Å². The van der Waals surface area contributed by atoms with Crippen molar-refractivity contribution < 1.29 is 9.53 Å². The number of piperidine rings is 1. The molecule has 1 fully saturated rings. The molecule has 9 nitrogen and oxygen atoms in total. The van der Waals surface area contributed by atoms with Crippen molar-refractivity contribution in [3.05, 3.63) is 76.1 Å². The van der Waals surface area contributed by atoms with Gasteiger partial charge in [0.2, 0.25) is 5.95 Å². The monoisotopic (exact) mass is 635 g/mol. The molecule has 2 aliphatic rings. The van der Waals surface area contributed by atoms with Crippen LogP contribution >= 0.6 is 0 Å². The predicted octanol–water partition coefficient (Wildman–Crippen LogP) is 6.94. The highest BCUT2D eigenvalue weighted by Crippen LogP contribution is 2.39. The Hall–Kier alpha value is -4.37. The van der Waals surface area contributed by atoms with Gasteiger partial charge in [0.25, 0.3) is 5.91 Å². The van der Waals surface area contributed by atoms with Crippen molar-refractivity contribution in [2.24, 2.45) is 7.05 Å². The highest BCUT2D eigenvalue weighted by molar-refractivity contribution is 6.08. The zero-order valence-corrected chi connectivity index (χ0v) is 29.0. The fourth-order valence-corrected chi connectivity index (χ4v) is 7.29. The number of fused-ring (bicyclic) bond motifs is 3. The molecule has 2 N–H and O–H groups in total. The maximum Gasteiger partial charge on any atom is 0.257 e. The molecular formula is C38H49N7O2. The maximum absolute atomic E-state index is 14.0. The molecule has 2 aromatic carbocycles. The Bertz CT molecular complexity index is 1750. The van der Waals surface area contributed by atoms with Gasteiger partial charge in [0, 0.05) is 55.5 Å². The van der Waals surface area contributed by atoms with Crippen LogP contribution in [0.25, 0.3) is 11.4 Å². The standard InChI is InChI=1S/C38H49N7O2/c1-8-25-12-11-13-26(9-2)34(25)41-37(46)33-24(4)44(7)36-30(33)16-14-27-23-39-38(42-35(27)36)40-28-15-17-31(32(22-28)47-10-3)45-20-18-29(19-21-45)43(5)6/h11-13,15,17,22-23,29H,8-10,14,16,18-21H2,1-7H3,(H,41,46)(H,39,40,42). The van der Waals surface area contributed by atoms with Crippen molar-refractivity contribution in [3.63, 3.8) is 0 Å². The van der Waals surface area contributed by atoms with E-state index in [1.54, 1.807) is 0 Å². The van der Waals surface area contributed by atoms with Crippen LogP contribution < -0.4 is 20.3 Å². The third-order valence-electron chi connectivity index (χ3n) is 10.0. The number of aromatic nitrogens is 3. The molecule has 0 saturated carbocycles. The van der Waals surface area contributed by atoms with E-state index in [1.807, 2.05) is 27.1 Å². The number of carbonyl (C=O) groups is 1. The first-order valence-corrected chi connectivity index (χ1v) is 17.2. The first-order chi connectivity index (χ1) is 22.7. The second kappa shape index (κ2) is 13.8. The minimum absolute atomic E-state index is 0.0553. The highest BCUT2D eigenvalue weighted by atomic mass is 16.5. The summed E-state index contributed by atoms with van der Waals surface area (Å²) >= 11 is 0. The molecule has 47 heavy (non-hydrogen) atoms. The summed E-state index contributed by atoms with van der Waals surface area (Å²) in [6.07, 6.45) is 7.47. The summed E-state index contributed by atoms with van der Waals surface area (Å²) in [6.45, 7) is 10.9. The van der Waals surface area contributed by atoms with Crippen LogP contribution in [-0.4, -0.2) is 65.2 Å². The number of aryl methyl sites for hydroxylation is 3. The van der Waals surface area contributed by atoms with Crippen LogP contribution in [0.15, 0.2) is 42.6 Å². The SMILES string of the molecule is CCOc1cc(Nc2ncc3c(n2)-c2c(c(C(=O)Nc4c(CC)cccc4CC)c(C)n2C)CC3)ccc1N1CCC(N(C)C)CC1. The number of benzene rings is 2. The van der Waals surface area contributed by atoms with Crippen molar-refractivity contribution >= 4 is 28.9 Å². The van der Waals surface area contributed by atoms with Crippen LogP contribution in [0.1, 0.15) is 71.9 Å². The Morgan fingerprint density at radius 2 is 1.77 bits per heavy atom. The van der Waals surface area contributed by atoms with Gasteiger partial charge in [-0.3, -0.25) is 4.79 Å². The summed E-state index contributed by atoms with van der Waals surface area (Å²) in [6, 6.07) is 13.2. The third-order valence-corrected chi connectivity index (χ3v) is 10.0. The molecule has 9 heteroatoms. The lowest BCUT2D eigenvalue weighted by molar-refractivity contribution is 0.102. The van der Waals surface area contributed by atoms with Gasteiger partial charge < -0.3 is 29.7 Å². The zero-order valence-electron chi connectivity index (χ0n) is 29.0. The van der Waals surface area contributed by atoms with Gasteiger partial charge in [-0.05, 0) is 101 Å². The van der Waals surface area contributed by atoms with Gasteiger partial charge >= 0.3 is 0 Å². The van der Waals surface area contributed by atoms with Gasteiger partial charge in [-0.1, -0.05) is 32.0 Å². The number of para-hydroxylation sites is 1. The minimum atomic E-state index is -0.0553. The lowest BCUT2D eigenvalue weighted by Gasteiger charge is -2.37. The second-order valence-corrected chi connectivity index (χ2v) is 12.9. The van der Waals surface area contributed by atoms with E-state index in [9.17, 15) is 4.79 Å². The first kappa shape index (κ1) is 32.6. The smallest absolute Gasteiger partial charge is 0.257 e. The fourth-order valence-electron chi connectivity index (χ4n) is 7.29. The Labute approximate surface area is 279 Å². The maximum atomic E-state index is 14.0. The molecule has 0 bridgehead atoms. The number of nitrogens with zero attached hydrogens (tertiary/aromatic N) is 5. The van der Waals surface area contributed by atoms with E-state index in [2.05, 4.69) is 89.3 Å². The largest absolute Gasteiger partial charge is 0.492 e. The number of amides is 1. The molecule has 248 valence electrons. The van der Waals surface area contributed by atoms with Gasteiger partial charge in [0.1, 0.15) is 5.75 Å². The predicted molar refractivity (Wildman–Crippen MR) is 192 cm³/mol. The van der Waals surface area contributed by atoms with E-state index in [0.29, 0.717) is 18.6 Å². The van der Waals surface area contributed by atoms with Crippen molar-refractivity contribution in [2.75, 3.05) is 49.3 Å². The van der Waals surface area contributed by atoms with Crippen molar-refractivity contribution in [1.82, 2.24) is 19.4 Å². The Balaban J connectivity index is 1.27. The van der Waals surface area contributed by atoms with E-state index >= 15 is 0 Å². The lowest BCUT2D eigenvalue weighted by atomic mass is 9.92. The van der Waals surface area contributed by atoms with Crippen LogP contribution in [0.5, 0.6) is 5.75 Å². The quantitative estimate of drug-likeness (QED) is 0.195. The minimum Gasteiger partial charge on any atom is -0.492 e. The first-order valence-electron chi connectivity index (χ1n) is 17.2. The van der Waals surface area contributed by atoms with E-state index in [4.69, 9.17) is 14.7 Å². The Morgan fingerprint density at radius 1 is 1.04 bits per heavy atom. The molecule has 0 atom stereocenters. The van der Waals surface area contributed by atoms with E-state index in [1.165, 1.54) is 0 Å². The molecule has 0 unspecified atom stereocenters. The number of carbonyl (C=O) groups excluding carboxylic acids is 1. The van der Waals surface area contributed by atoms with Gasteiger partial charge in [-0.2, -0.15) is 0 Å². The number of nitrogens with one attached hydrogen (secondary N) is 2. The number of hydrogen-bond donors (Lipinski definition) is 2. The van der Waals surface area contributed by atoms with Crippen LogP contribution in [0.3, 0.4) is 0 Å². The van der Waals surface area contributed by atoms with Crippen molar-refractivity contribution in [1.29, 1.82) is 0 Å². The van der Waals surface area contributed by atoms with Gasteiger partial charge in [0.05, 0.1) is 29.2 Å². The Morgan fingerprint density at radius 3 is 2.43 bits per heavy atom. The molecule has 1 aliphatic carbocycles. The summed E-state index contributed by atoms with van der Waals surface area (Å²) in [5, 5.41) is 6.75. The summed E-state index contributed by atoms with van der Waals surface area (Å²) in [4.78, 5) is 28.5. The molecule has 3 heterocycles. The molecule has 2 aromatic heterocycles. The summed E-state index contributed by atoms with van der Waals surface area (Å²) in [7, 11) is 6.36. The van der Waals surface area contributed by atoms with Crippen molar-refractivity contribution in [3.8, 4) is 17.1 Å². The molecule has 4 aromatic rings. The molecule has 1 aliphatic heterocycles. The van der Waals surface area contributed by atoms with Crippen LogP contribution in [-0.2, 0) is 32.7 Å². The third kappa shape index (κ3) is 6.33. The van der Waals surface area contributed by atoms with Gasteiger partial charge in [-0.25, -0.2) is 9.97 Å². The van der Waals surface area contributed by atoms with Crippen molar-refractivity contribution in [2.45, 2.75) is 72.3 Å². The second-order valence-electron chi connectivity index (χ2n) is 12.9. The van der Waals surface area contributed by atoms with Crippen LogP contribution in [0, 0.1) is 6.92 Å². The summed E-state index contributed by atoms with van der Waals surface area (Å²) < 4.78 is 8.25. The molecule has 1 saturated heterocycles. The van der Waals surface area contributed by atoms with E-state index in [0.717, 1.165) is 119 Å². The average Bonchev–Trinajstić information content (AvgIpc) is 3.34. The topological polar surface area (TPSA) is 87.5 Å². The molecule has 0 radical (unpaired) electrons. The Kier molecular flexibility index (Phi) is 9.55. The number of anilines is 4. The summed E-state index contributed by atoms with van der Waals surface area (Å²) in [5.41, 5.74) is 11.0. The number of ether oxygens (including phenoxy) is 1. The van der Waals surface area contributed by atoms with Gasteiger partial charge in [0.15, 0.2) is 0 Å². The van der Waals surface area contributed by atoms with Gasteiger partial charge in [-0.15, -0.1) is 0 Å².